The number of hydrogen-bond acceptors (Lipinski definition) is 6. The first-order valence-electron chi connectivity index (χ1n) is 5.30. The maximum Gasteiger partial charge on any atom is 0.453 e. The lowest BCUT2D eigenvalue weighted by molar-refractivity contribution is -0.144. The second kappa shape index (κ2) is 4.87. The van der Waals surface area contributed by atoms with Gasteiger partial charge in [0, 0.05) is 0 Å². The molecule has 2 rings (SSSR count). The zero-order chi connectivity index (χ0) is 14.9. The number of ether oxygens (including phenoxy) is 1. The Morgan fingerprint density at radius 3 is 2.75 bits per heavy atom. The second-order valence-corrected chi connectivity index (χ2v) is 3.67. The van der Waals surface area contributed by atoms with Gasteiger partial charge in [0.2, 0.25) is 0 Å². The van der Waals surface area contributed by atoms with Crippen LogP contribution >= 0.6 is 0 Å². The first-order valence-corrected chi connectivity index (χ1v) is 5.30. The van der Waals surface area contributed by atoms with Crippen LogP contribution in [0.5, 0.6) is 0 Å². The molecule has 2 heterocycles. The molecule has 0 saturated carbocycles. The smallest absolute Gasteiger partial charge is 0.453 e. The summed E-state index contributed by atoms with van der Waals surface area (Å²) in [5, 5.41) is 10.2. The van der Waals surface area contributed by atoms with E-state index in [2.05, 4.69) is 26.9 Å². The summed E-state index contributed by atoms with van der Waals surface area (Å²) in [4.78, 5) is 14.8. The molecular weight excluding hydrogens is 279 g/mol. The number of nitrogens with zero attached hydrogens (tertiary/aromatic N) is 5. The number of aromatic nitrogens is 5. The van der Waals surface area contributed by atoms with Gasteiger partial charge in [0.1, 0.15) is 6.61 Å². The van der Waals surface area contributed by atoms with E-state index in [4.69, 9.17) is 4.74 Å². The standard InChI is InChI=1S/C10H8F3N5O2/c1-3-4-20-7(19)6-5(2)18-9(16-15-6)14-8(17-18)10(11,12)13/h3H,1,4H2,2H3. The maximum atomic E-state index is 12.5. The largest absolute Gasteiger partial charge is 0.457 e. The molecule has 0 unspecified atom stereocenters. The molecule has 0 spiro atoms. The van der Waals surface area contributed by atoms with E-state index in [1.807, 2.05) is 0 Å². The van der Waals surface area contributed by atoms with Gasteiger partial charge in [0.15, 0.2) is 5.69 Å². The molecule has 0 N–H and O–H groups in total. The number of alkyl halides is 3. The molecule has 20 heavy (non-hydrogen) atoms. The second-order valence-electron chi connectivity index (χ2n) is 3.67. The molecule has 0 saturated heterocycles. The lowest BCUT2D eigenvalue weighted by Gasteiger charge is -2.04. The third kappa shape index (κ3) is 2.44. The molecule has 0 radical (unpaired) electrons. The average molecular weight is 287 g/mol. The third-order valence-electron chi connectivity index (χ3n) is 2.27. The zero-order valence-corrected chi connectivity index (χ0v) is 10.2. The van der Waals surface area contributed by atoms with Gasteiger partial charge in [-0.15, -0.1) is 15.3 Å². The van der Waals surface area contributed by atoms with Gasteiger partial charge in [0.25, 0.3) is 11.6 Å². The molecule has 106 valence electrons. The van der Waals surface area contributed by atoms with Gasteiger partial charge in [-0.05, 0) is 6.92 Å². The van der Waals surface area contributed by atoms with Crippen LogP contribution in [0.4, 0.5) is 13.2 Å². The van der Waals surface area contributed by atoms with Gasteiger partial charge in [0.05, 0.1) is 5.69 Å². The van der Waals surface area contributed by atoms with Crippen molar-refractivity contribution in [3.05, 3.63) is 29.9 Å². The Balaban J connectivity index is 2.48. The van der Waals surface area contributed by atoms with E-state index in [1.54, 1.807) is 0 Å². The SMILES string of the molecule is C=CCOC(=O)c1nnc2nc(C(F)(F)F)nn2c1C. The summed E-state index contributed by atoms with van der Waals surface area (Å²) in [7, 11) is 0. The van der Waals surface area contributed by atoms with E-state index >= 15 is 0 Å². The van der Waals surface area contributed by atoms with Crippen LogP contribution in [-0.2, 0) is 10.9 Å². The van der Waals surface area contributed by atoms with Gasteiger partial charge in [-0.3, -0.25) is 0 Å². The number of aryl methyl sites for hydroxylation is 1. The molecule has 0 bridgehead atoms. The van der Waals surface area contributed by atoms with Crippen molar-refractivity contribution in [3.8, 4) is 0 Å². The number of halogens is 3. The molecule has 0 atom stereocenters. The molecular formula is C10H8F3N5O2. The molecule has 7 nitrogen and oxygen atoms in total. The predicted octanol–water partition coefficient (Wildman–Crippen LogP) is 1.19. The average Bonchev–Trinajstić information content (AvgIpc) is 2.81. The Morgan fingerprint density at radius 2 is 2.15 bits per heavy atom. The van der Waals surface area contributed by atoms with Crippen LogP contribution in [0.3, 0.4) is 0 Å². The minimum Gasteiger partial charge on any atom is -0.457 e. The fourth-order valence-electron chi connectivity index (χ4n) is 1.37. The van der Waals surface area contributed by atoms with Crippen LogP contribution in [-0.4, -0.2) is 37.4 Å². The van der Waals surface area contributed by atoms with Crippen molar-refractivity contribution >= 4 is 11.7 Å². The summed E-state index contributed by atoms with van der Waals surface area (Å²) in [5.41, 5.74) is -0.190. The van der Waals surface area contributed by atoms with E-state index in [-0.39, 0.29) is 23.8 Å². The van der Waals surface area contributed by atoms with Gasteiger partial charge in [-0.25, -0.2) is 4.79 Å². The van der Waals surface area contributed by atoms with Crippen LogP contribution in [0, 0.1) is 6.92 Å². The summed E-state index contributed by atoms with van der Waals surface area (Å²) < 4.78 is 43.0. The van der Waals surface area contributed by atoms with Crippen LogP contribution in [0.2, 0.25) is 0 Å². The topological polar surface area (TPSA) is 82.3 Å². The van der Waals surface area contributed by atoms with Crippen molar-refractivity contribution in [1.29, 1.82) is 0 Å². The lowest BCUT2D eigenvalue weighted by atomic mass is 10.3. The lowest BCUT2D eigenvalue weighted by Crippen LogP contribution is -2.14. The summed E-state index contributed by atoms with van der Waals surface area (Å²) >= 11 is 0. The van der Waals surface area contributed by atoms with Crippen molar-refractivity contribution in [2.24, 2.45) is 0 Å². The molecule has 0 aliphatic heterocycles. The summed E-state index contributed by atoms with van der Waals surface area (Å²) in [6.45, 7) is 4.67. The minimum absolute atomic E-state index is 0.0482. The highest BCUT2D eigenvalue weighted by Gasteiger charge is 2.37. The number of rotatable bonds is 3. The van der Waals surface area contributed by atoms with E-state index in [9.17, 15) is 18.0 Å². The molecule has 2 aromatic rings. The Bertz CT molecular complexity index is 679. The number of carbonyl (C=O) groups excluding carboxylic acids is 1. The van der Waals surface area contributed by atoms with Crippen molar-refractivity contribution in [2.45, 2.75) is 13.1 Å². The fourth-order valence-corrected chi connectivity index (χ4v) is 1.37. The van der Waals surface area contributed by atoms with Gasteiger partial charge in [-0.1, -0.05) is 12.7 Å². The van der Waals surface area contributed by atoms with Crippen LogP contribution in [0.15, 0.2) is 12.7 Å². The van der Waals surface area contributed by atoms with E-state index in [1.165, 1.54) is 13.0 Å². The van der Waals surface area contributed by atoms with E-state index in [0.29, 0.717) is 0 Å². The van der Waals surface area contributed by atoms with Crippen molar-refractivity contribution in [2.75, 3.05) is 6.61 Å². The molecule has 0 aliphatic rings. The quantitative estimate of drug-likeness (QED) is 0.623. The third-order valence-corrected chi connectivity index (χ3v) is 2.27. The Kier molecular flexibility index (Phi) is 3.38. The fraction of sp³-hybridized carbons (Fsp3) is 0.300. The molecule has 0 fully saturated rings. The van der Waals surface area contributed by atoms with Gasteiger partial charge < -0.3 is 4.74 Å². The van der Waals surface area contributed by atoms with Crippen LogP contribution in [0.25, 0.3) is 5.78 Å². The first-order chi connectivity index (χ1) is 9.34. The molecule has 0 aromatic carbocycles. The monoisotopic (exact) mass is 287 g/mol. The highest BCUT2D eigenvalue weighted by molar-refractivity contribution is 5.88. The van der Waals surface area contributed by atoms with Crippen LogP contribution < -0.4 is 0 Å². The number of hydrogen-bond donors (Lipinski definition) is 0. The first kappa shape index (κ1) is 13.9. The molecule has 0 amide bonds. The van der Waals surface area contributed by atoms with Gasteiger partial charge in [-0.2, -0.15) is 22.7 Å². The minimum atomic E-state index is -4.70. The summed E-state index contributed by atoms with van der Waals surface area (Å²) in [6, 6.07) is 0. The van der Waals surface area contributed by atoms with Gasteiger partial charge >= 0.3 is 12.1 Å². The van der Waals surface area contributed by atoms with Crippen LogP contribution in [0.1, 0.15) is 22.0 Å². The molecule has 0 aliphatic carbocycles. The number of esters is 1. The van der Waals surface area contributed by atoms with Crippen molar-refractivity contribution in [1.82, 2.24) is 24.8 Å². The molecule has 10 heteroatoms. The Labute approximate surface area is 110 Å². The summed E-state index contributed by atoms with van der Waals surface area (Å²) in [5.74, 6) is -2.54. The predicted molar refractivity (Wildman–Crippen MR) is 58.8 cm³/mol. The Hall–Kier alpha value is -2.52. The number of carbonyl (C=O) groups is 1. The number of fused-ring (bicyclic) bond motifs is 1. The zero-order valence-electron chi connectivity index (χ0n) is 10.2. The normalized spacial score (nSPS) is 11.6. The van der Waals surface area contributed by atoms with E-state index < -0.39 is 18.0 Å². The maximum absolute atomic E-state index is 12.5. The van der Waals surface area contributed by atoms with Crippen molar-refractivity contribution < 1.29 is 22.7 Å². The molecule has 2 aromatic heterocycles. The highest BCUT2D eigenvalue weighted by atomic mass is 19.4. The summed E-state index contributed by atoms with van der Waals surface area (Å²) in [6.07, 6.45) is -3.36. The highest BCUT2D eigenvalue weighted by Crippen LogP contribution is 2.26. The van der Waals surface area contributed by atoms with E-state index in [0.717, 1.165) is 4.52 Å². The Morgan fingerprint density at radius 1 is 1.45 bits per heavy atom. The van der Waals surface area contributed by atoms with Crippen molar-refractivity contribution in [3.63, 3.8) is 0 Å².